The molecule has 0 radical (unpaired) electrons. The van der Waals surface area contributed by atoms with Gasteiger partial charge in [-0.1, -0.05) is 48.0 Å². The van der Waals surface area contributed by atoms with E-state index in [9.17, 15) is 9.90 Å². The SMILES string of the molecule is C[n+]1c([O-])c(-c2ccccc2)c(=O)n2c1CCC2c1ccc(Cl)nc1. The van der Waals surface area contributed by atoms with Crippen LogP contribution in [0.15, 0.2) is 53.5 Å². The van der Waals surface area contributed by atoms with Gasteiger partial charge in [0.1, 0.15) is 16.8 Å². The summed E-state index contributed by atoms with van der Waals surface area (Å²) < 4.78 is 3.32. The van der Waals surface area contributed by atoms with Crippen LogP contribution in [0, 0.1) is 0 Å². The molecule has 0 spiro atoms. The van der Waals surface area contributed by atoms with Gasteiger partial charge >= 0.3 is 5.56 Å². The monoisotopic (exact) mass is 353 g/mol. The van der Waals surface area contributed by atoms with Crippen LogP contribution in [0.5, 0.6) is 5.88 Å². The summed E-state index contributed by atoms with van der Waals surface area (Å²) in [6.45, 7) is 0. The molecule has 1 aromatic carbocycles. The fourth-order valence-electron chi connectivity index (χ4n) is 3.53. The number of benzene rings is 1. The first-order chi connectivity index (χ1) is 12.1. The van der Waals surface area contributed by atoms with Crippen molar-refractivity contribution >= 4 is 11.6 Å². The van der Waals surface area contributed by atoms with E-state index in [4.69, 9.17) is 11.6 Å². The van der Waals surface area contributed by atoms with Crippen LogP contribution in [0.3, 0.4) is 0 Å². The molecule has 0 fully saturated rings. The minimum atomic E-state index is -0.252. The predicted octanol–water partition coefficient (Wildman–Crippen LogP) is 2.00. The molecule has 0 saturated carbocycles. The topological polar surface area (TPSA) is 61.8 Å². The van der Waals surface area contributed by atoms with Crippen LogP contribution in [-0.4, -0.2) is 9.55 Å². The maximum absolute atomic E-state index is 13.2. The number of aromatic nitrogens is 3. The van der Waals surface area contributed by atoms with Crippen molar-refractivity contribution in [1.82, 2.24) is 9.55 Å². The number of halogens is 1. The zero-order valence-electron chi connectivity index (χ0n) is 13.6. The zero-order chi connectivity index (χ0) is 17.6. The van der Waals surface area contributed by atoms with Gasteiger partial charge in [-0.25, -0.2) is 14.3 Å². The Balaban J connectivity index is 1.95. The molecule has 2 aromatic heterocycles. The molecule has 4 rings (SSSR count). The summed E-state index contributed by atoms with van der Waals surface area (Å²) in [6.07, 6.45) is 3.12. The van der Waals surface area contributed by atoms with Crippen molar-refractivity contribution in [2.45, 2.75) is 18.9 Å². The maximum atomic E-state index is 13.2. The fraction of sp³-hybridized carbons (Fsp3) is 0.211. The predicted molar refractivity (Wildman–Crippen MR) is 92.5 cm³/mol. The quantitative estimate of drug-likeness (QED) is 0.523. The van der Waals surface area contributed by atoms with E-state index in [0.717, 1.165) is 17.8 Å². The summed E-state index contributed by atoms with van der Waals surface area (Å²) >= 11 is 5.88. The standard InChI is InChI=1S/C19H16ClN3O2/c1-22-16-10-8-14(13-7-9-15(20)21-11-13)23(16)19(25)17(18(22)24)12-5-3-2-4-6-12/h2-7,9,11,14H,8,10H2,1H3. The third-order valence-corrected chi connectivity index (χ3v) is 4.99. The Labute approximate surface area is 149 Å². The highest BCUT2D eigenvalue weighted by atomic mass is 35.5. The number of hydrogen-bond donors (Lipinski definition) is 0. The van der Waals surface area contributed by atoms with E-state index in [1.807, 2.05) is 24.3 Å². The van der Waals surface area contributed by atoms with Crippen molar-refractivity contribution in [2.75, 3.05) is 0 Å². The van der Waals surface area contributed by atoms with Crippen LogP contribution in [0.25, 0.3) is 11.1 Å². The Morgan fingerprint density at radius 2 is 2.00 bits per heavy atom. The van der Waals surface area contributed by atoms with Crippen molar-refractivity contribution in [1.29, 1.82) is 0 Å². The minimum absolute atomic E-state index is 0.137. The summed E-state index contributed by atoms with van der Waals surface area (Å²) in [4.78, 5) is 17.3. The minimum Gasteiger partial charge on any atom is -0.842 e. The lowest BCUT2D eigenvalue weighted by molar-refractivity contribution is -0.723. The number of rotatable bonds is 2. The summed E-state index contributed by atoms with van der Waals surface area (Å²) in [5, 5.41) is 13.2. The van der Waals surface area contributed by atoms with Crippen molar-refractivity contribution in [3.8, 4) is 17.0 Å². The second-order valence-corrected chi connectivity index (χ2v) is 6.55. The van der Waals surface area contributed by atoms with Crippen molar-refractivity contribution in [3.63, 3.8) is 0 Å². The van der Waals surface area contributed by atoms with E-state index < -0.39 is 0 Å². The summed E-state index contributed by atoms with van der Waals surface area (Å²) in [5.41, 5.74) is 1.52. The van der Waals surface area contributed by atoms with Crippen LogP contribution >= 0.6 is 11.6 Å². The van der Waals surface area contributed by atoms with E-state index >= 15 is 0 Å². The second kappa shape index (κ2) is 6.01. The first-order valence-electron chi connectivity index (χ1n) is 8.09. The van der Waals surface area contributed by atoms with Crippen LogP contribution in [0.4, 0.5) is 0 Å². The summed E-state index contributed by atoms with van der Waals surface area (Å²) in [5.74, 6) is 0.493. The molecule has 0 aliphatic carbocycles. The van der Waals surface area contributed by atoms with Gasteiger partial charge in [0.05, 0.1) is 19.3 Å². The lowest BCUT2D eigenvalue weighted by Crippen LogP contribution is -2.45. The van der Waals surface area contributed by atoms with Gasteiger partial charge in [0.2, 0.25) is 0 Å². The molecule has 1 aliphatic rings. The van der Waals surface area contributed by atoms with Gasteiger partial charge in [0.25, 0.3) is 5.82 Å². The molecule has 5 nitrogen and oxygen atoms in total. The van der Waals surface area contributed by atoms with E-state index in [0.29, 0.717) is 17.1 Å². The molecule has 0 saturated heterocycles. The molecular formula is C19H16ClN3O2. The van der Waals surface area contributed by atoms with Crippen molar-refractivity contribution in [2.24, 2.45) is 7.05 Å². The Morgan fingerprint density at radius 1 is 1.24 bits per heavy atom. The molecule has 0 N–H and O–H groups in total. The molecule has 3 heterocycles. The molecule has 0 amide bonds. The molecule has 25 heavy (non-hydrogen) atoms. The van der Waals surface area contributed by atoms with Crippen LogP contribution in [0.1, 0.15) is 23.9 Å². The van der Waals surface area contributed by atoms with Gasteiger partial charge in [-0.2, -0.15) is 4.57 Å². The highest BCUT2D eigenvalue weighted by molar-refractivity contribution is 6.29. The molecule has 1 atom stereocenters. The number of nitrogens with zero attached hydrogens (tertiary/aromatic N) is 3. The smallest absolute Gasteiger partial charge is 0.345 e. The van der Waals surface area contributed by atoms with E-state index in [1.54, 1.807) is 40.6 Å². The lowest BCUT2D eigenvalue weighted by Gasteiger charge is -2.17. The Hall–Kier alpha value is -2.66. The largest absolute Gasteiger partial charge is 0.842 e. The second-order valence-electron chi connectivity index (χ2n) is 6.17. The fourth-order valence-corrected chi connectivity index (χ4v) is 3.64. The average molecular weight is 354 g/mol. The normalized spacial score (nSPS) is 16.0. The average Bonchev–Trinajstić information content (AvgIpc) is 3.07. The van der Waals surface area contributed by atoms with Crippen LogP contribution in [-0.2, 0) is 13.5 Å². The van der Waals surface area contributed by atoms with Crippen LogP contribution < -0.4 is 15.2 Å². The number of hydrogen-bond acceptors (Lipinski definition) is 3. The Kier molecular flexibility index (Phi) is 3.81. The van der Waals surface area contributed by atoms with E-state index in [1.165, 1.54) is 0 Å². The molecule has 1 aliphatic heterocycles. The Morgan fingerprint density at radius 3 is 2.68 bits per heavy atom. The first kappa shape index (κ1) is 15.8. The zero-order valence-corrected chi connectivity index (χ0v) is 14.4. The van der Waals surface area contributed by atoms with Gasteiger partial charge in [0, 0.05) is 18.2 Å². The van der Waals surface area contributed by atoms with Crippen molar-refractivity contribution in [3.05, 3.63) is 75.6 Å². The summed E-state index contributed by atoms with van der Waals surface area (Å²) in [6, 6.07) is 12.6. The third kappa shape index (κ3) is 2.51. The molecule has 3 aromatic rings. The Bertz CT molecular complexity index is 998. The first-order valence-corrected chi connectivity index (χ1v) is 8.47. The van der Waals surface area contributed by atoms with E-state index in [2.05, 4.69) is 4.98 Å². The van der Waals surface area contributed by atoms with Gasteiger partial charge in [0.15, 0.2) is 0 Å². The summed E-state index contributed by atoms with van der Waals surface area (Å²) in [7, 11) is 1.72. The molecule has 126 valence electrons. The highest BCUT2D eigenvalue weighted by Gasteiger charge is 2.36. The van der Waals surface area contributed by atoms with Gasteiger partial charge in [-0.05, 0) is 11.6 Å². The van der Waals surface area contributed by atoms with Gasteiger partial charge in [-0.3, -0.25) is 0 Å². The maximum Gasteiger partial charge on any atom is 0.345 e. The third-order valence-electron chi connectivity index (χ3n) is 4.77. The molecule has 1 unspecified atom stereocenters. The van der Waals surface area contributed by atoms with Gasteiger partial charge in [-0.15, -0.1) is 0 Å². The molecular weight excluding hydrogens is 338 g/mol. The van der Waals surface area contributed by atoms with Gasteiger partial charge < -0.3 is 5.11 Å². The van der Waals surface area contributed by atoms with Crippen molar-refractivity contribution < 1.29 is 9.67 Å². The lowest BCUT2D eigenvalue weighted by atomic mass is 10.1. The van der Waals surface area contributed by atoms with E-state index in [-0.39, 0.29) is 23.0 Å². The van der Waals surface area contributed by atoms with Crippen LogP contribution in [0.2, 0.25) is 5.15 Å². The number of fused-ring (bicyclic) bond motifs is 1. The molecule has 0 bridgehead atoms. The highest BCUT2D eigenvalue weighted by Crippen LogP contribution is 2.31. The molecule has 6 heteroatoms. The number of pyridine rings is 1.